The maximum absolute atomic E-state index is 13.9. The molecule has 0 aliphatic rings. The van der Waals surface area contributed by atoms with Crippen LogP contribution in [0.3, 0.4) is 0 Å². The number of aliphatic hydroxyl groups excluding tert-OH is 1. The predicted octanol–water partition coefficient (Wildman–Crippen LogP) is 4.16. The molecule has 6 nitrogen and oxygen atoms in total. The SMILES string of the molecule is Cc1ccc(Nc2cc(-c3ccccn3)nc(N[C@@H](CO)C(C)C)n2)cc1F. The third-order valence-corrected chi connectivity index (χ3v) is 4.41. The second kappa shape index (κ2) is 8.75. The average Bonchev–Trinajstić information content (AvgIpc) is 2.69. The number of hydrogen-bond acceptors (Lipinski definition) is 6. The third-order valence-electron chi connectivity index (χ3n) is 4.41. The van der Waals surface area contributed by atoms with Crippen molar-refractivity contribution in [3.8, 4) is 11.4 Å². The molecule has 146 valence electrons. The van der Waals surface area contributed by atoms with Crippen LogP contribution in [0.4, 0.5) is 21.8 Å². The molecule has 2 heterocycles. The second-order valence-corrected chi connectivity index (χ2v) is 6.94. The van der Waals surface area contributed by atoms with Crippen LogP contribution in [-0.2, 0) is 0 Å². The number of hydrogen-bond donors (Lipinski definition) is 3. The molecule has 0 amide bonds. The molecular formula is C21H24FN5O. The van der Waals surface area contributed by atoms with Crippen molar-refractivity contribution >= 4 is 17.5 Å². The Bertz CT molecular complexity index is 933. The summed E-state index contributed by atoms with van der Waals surface area (Å²) >= 11 is 0. The summed E-state index contributed by atoms with van der Waals surface area (Å²) in [6.07, 6.45) is 1.69. The molecule has 0 saturated heterocycles. The number of nitrogens with one attached hydrogen (secondary N) is 2. The molecule has 0 bridgehead atoms. The van der Waals surface area contributed by atoms with Crippen LogP contribution in [0.1, 0.15) is 19.4 Å². The van der Waals surface area contributed by atoms with Gasteiger partial charge in [0, 0.05) is 18.0 Å². The fourth-order valence-electron chi connectivity index (χ4n) is 2.63. The van der Waals surface area contributed by atoms with Gasteiger partial charge in [-0.2, -0.15) is 4.98 Å². The molecule has 1 atom stereocenters. The summed E-state index contributed by atoms with van der Waals surface area (Å²) < 4.78 is 13.9. The largest absolute Gasteiger partial charge is 0.394 e. The lowest BCUT2D eigenvalue weighted by atomic mass is 10.1. The molecule has 1 aromatic carbocycles. The Kier molecular flexibility index (Phi) is 6.16. The zero-order valence-corrected chi connectivity index (χ0v) is 16.1. The van der Waals surface area contributed by atoms with Crippen LogP contribution in [0.25, 0.3) is 11.4 Å². The molecule has 3 aromatic rings. The van der Waals surface area contributed by atoms with Crippen LogP contribution < -0.4 is 10.6 Å². The van der Waals surface area contributed by atoms with Gasteiger partial charge in [0.15, 0.2) is 0 Å². The molecule has 0 spiro atoms. The lowest BCUT2D eigenvalue weighted by Crippen LogP contribution is -2.30. The number of aryl methyl sites for hydroxylation is 1. The van der Waals surface area contributed by atoms with Gasteiger partial charge in [-0.1, -0.05) is 26.0 Å². The van der Waals surface area contributed by atoms with E-state index >= 15 is 0 Å². The number of benzene rings is 1. The smallest absolute Gasteiger partial charge is 0.225 e. The Balaban J connectivity index is 1.97. The van der Waals surface area contributed by atoms with Gasteiger partial charge in [-0.05, 0) is 42.7 Å². The highest BCUT2D eigenvalue weighted by molar-refractivity contribution is 5.65. The number of halogens is 1. The maximum Gasteiger partial charge on any atom is 0.225 e. The Morgan fingerprint density at radius 1 is 1.07 bits per heavy atom. The standard InChI is InChI=1S/C21H24FN5O/c1-13(2)19(12-28)26-21-25-18(17-6-4-5-9-23-17)11-20(27-21)24-15-8-7-14(3)16(22)10-15/h4-11,13,19,28H,12H2,1-3H3,(H2,24,25,26,27)/t19-/m0/s1. The summed E-state index contributed by atoms with van der Waals surface area (Å²) in [4.78, 5) is 13.4. The van der Waals surface area contributed by atoms with Crippen molar-refractivity contribution in [1.29, 1.82) is 0 Å². The second-order valence-electron chi connectivity index (χ2n) is 6.94. The van der Waals surface area contributed by atoms with E-state index in [0.717, 1.165) is 0 Å². The first-order chi connectivity index (χ1) is 13.5. The van der Waals surface area contributed by atoms with Crippen LogP contribution in [0.5, 0.6) is 0 Å². The molecule has 0 saturated carbocycles. The molecule has 7 heteroatoms. The van der Waals surface area contributed by atoms with Gasteiger partial charge in [0.05, 0.1) is 24.0 Å². The topological polar surface area (TPSA) is 83.0 Å². The van der Waals surface area contributed by atoms with Gasteiger partial charge in [0.2, 0.25) is 5.95 Å². The van der Waals surface area contributed by atoms with Crippen molar-refractivity contribution < 1.29 is 9.50 Å². The van der Waals surface area contributed by atoms with E-state index in [-0.39, 0.29) is 24.4 Å². The first-order valence-corrected chi connectivity index (χ1v) is 9.17. The zero-order chi connectivity index (χ0) is 20.1. The van der Waals surface area contributed by atoms with Crippen LogP contribution in [0, 0.1) is 18.7 Å². The minimum Gasteiger partial charge on any atom is -0.394 e. The number of nitrogens with zero attached hydrogens (tertiary/aromatic N) is 3. The number of anilines is 3. The van der Waals surface area contributed by atoms with Gasteiger partial charge < -0.3 is 15.7 Å². The van der Waals surface area contributed by atoms with E-state index in [1.54, 1.807) is 31.3 Å². The van der Waals surface area contributed by atoms with Gasteiger partial charge in [-0.15, -0.1) is 0 Å². The van der Waals surface area contributed by atoms with Crippen LogP contribution in [0.15, 0.2) is 48.7 Å². The normalized spacial score (nSPS) is 12.1. The van der Waals surface area contributed by atoms with Gasteiger partial charge in [0.25, 0.3) is 0 Å². The van der Waals surface area contributed by atoms with Crippen molar-refractivity contribution in [3.63, 3.8) is 0 Å². The monoisotopic (exact) mass is 381 g/mol. The molecule has 0 aliphatic heterocycles. The molecule has 28 heavy (non-hydrogen) atoms. The highest BCUT2D eigenvalue weighted by Gasteiger charge is 2.15. The van der Waals surface area contributed by atoms with Crippen LogP contribution >= 0.6 is 0 Å². The maximum atomic E-state index is 13.9. The van der Waals surface area contributed by atoms with E-state index in [1.807, 2.05) is 32.0 Å². The highest BCUT2D eigenvalue weighted by Crippen LogP contribution is 2.24. The van der Waals surface area contributed by atoms with Gasteiger partial charge >= 0.3 is 0 Å². The van der Waals surface area contributed by atoms with E-state index < -0.39 is 0 Å². The molecule has 0 radical (unpaired) electrons. The lowest BCUT2D eigenvalue weighted by molar-refractivity contribution is 0.248. The fourth-order valence-corrected chi connectivity index (χ4v) is 2.63. The predicted molar refractivity (Wildman–Crippen MR) is 109 cm³/mol. The fraction of sp³-hybridized carbons (Fsp3) is 0.286. The van der Waals surface area contributed by atoms with Crippen molar-refractivity contribution in [1.82, 2.24) is 15.0 Å². The number of aromatic nitrogens is 3. The summed E-state index contributed by atoms with van der Waals surface area (Å²) in [5.41, 5.74) is 2.47. The van der Waals surface area contributed by atoms with Gasteiger partial charge in [0.1, 0.15) is 11.6 Å². The molecular weight excluding hydrogens is 357 g/mol. The molecule has 0 fully saturated rings. The van der Waals surface area contributed by atoms with Gasteiger partial charge in [-0.25, -0.2) is 9.37 Å². The molecule has 0 aliphatic carbocycles. The Hall–Kier alpha value is -3.06. The highest BCUT2D eigenvalue weighted by atomic mass is 19.1. The first kappa shape index (κ1) is 19.7. The van der Waals surface area contributed by atoms with Crippen LogP contribution in [-0.4, -0.2) is 32.7 Å². The average molecular weight is 381 g/mol. The summed E-state index contributed by atoms with van der Waals surface area (Å²) in [6.45, 7) is 5.68. The first-order valence-electron chi connectivity index (χ1n) is 9.17. The third kappa shape index (κ3) is 4.80. The van der Waals surface area contributed by atoms with E-state index in [1.165, 1.54) is 6.07 Å². The number of pyridine rings is 1. The lowest BCUT2D eigenvalue weighted by Gasteiger charge is -2.20. The van der Waals surface area contributed by atoms with E-state index in [2.05, 4.69) is 25.6 Å². The summed E-state index contributed by atoms with van der Waals surface area (Å²) in [6, 6.07) is 12.1. The van der Waals surface area contributed by atoms with Crippen molar-refractivity contribution in [3.05, 3.63) is 60.0 Å². The zero-order valence-electron chi connectivity index (χ0n) is 16.1. The Morgan fingerprint density at radius 3 is 2.54 bits per heavy atom. The van der Waals surface area contributed by atoms with E-state index in [9.17, 15) is 9.50 Å². The summed E-state index contributed by atoms with van der Waals surface area (Å²) in [5.74, 6) is 0.769. The minimum absolute atomic E-state index is 0.0409. The molecule has 3 rings (SSSR count). The number of rotatable bonds is 7. The minimum atomic E-state index is -0.289. The van der Waals surface area contributed by atoms with Crippen molar-refractivity contribution in [2.75, 3.05) is 17.2 Å². The van der Waals surface area contributed by atoms with Crippen molar-refractivity contribution in [2.24, 2.45) is 5.92 Å². The Morgan fingerprint density at radius 2 is 1.89 bits per heavy atom. The molecule has 3 N–H and O–H groups in total. The van der Waals surface area contributed by atoms with Gasteiger partial charge in [-0.3, -0.25) is 4.98 Å². The number of aliphatic hydroxyl groups is 1. The summed E-state index contributed by atoms with van der Waals surface area (Å²) in [7, 11) is 0. The Labute approximate surface area is 163 Å². The van der Waals surface area contributed by atoms with E-state index in [0.29, 0.717) is 34.4 Å². The van der Waals surface area contributed by atoms with E-state index in [4.69, 9.17) is 0 Å². The summed E-state index contributed by atoms with van der Waals surface area (Å²) in [5, 5.41) is 15.9. The van der Waals surface area contributed by atoms with Crippen LogP contribution in [0.2, 0.25) is 0 Å². The quantitative estimate of drug-likeness (QED) is 0.570. The molecule has 2 aromatic heterocycles. The van der Waals surface area contributed by atoms with Crippen molar-refractivity contribution in [2.45, 2.75) is 26.8 Å². The molecule has 0 unspecified atom stereocenters.